The van der Waals surface area contributed by atoms with E-state index in [0.29, 0.717) is 17.4 Å². The average Bonchev–Trinajstić information content (AvgIpc) is 2.84. The van der Waals surface area contributed by atoms with Crippen molar-refractivity contribution in [3.8, 4) is 0 Å². The van der Waals surface area contributed by atoms with Gasteiger partial charge in [0.25, 0.3) is 5.56 Å². The minimum atomic E-state index is -0.360. The van der Waals surface area contributed by atoms with Crippen molar-refractivity contribution in [3.63, 3.8) is 0 Å². The van der Waals surface area contributed by atoms with Crippen LogP contribution >= 0.6 is 28.1 Å². The number of halogens is 1. The molecule has 2 heterocycles. The molecule has 0 saturated heterocycles. The molecule has 2 N–H and O–H groups in total. The Morgan fingerprint density at radius 1 is 1.36 bits per heavy atom. The maximum Gasteiger partial charge on any atom is 0.281 e. The number of nitrogens with zero attached hydrogens (tertiary/aromatic N) is 3. The summed E-state index contributed by atoms with van der Waals surface area (Å²) in [5.41, 5.74) is 4.65. The zero-order chi connectivity index (χ0) is 18.1. The van der Waals surface area contributed by atoms with Gasteiger partial charge in [-0.1, -0.05) is 12.1 Å². The van der Waals surface area contributed by atoms with Gasteiger partial charge in [0.15, 0.2) is 4.77 Å². The van der Waals surface area contributed by atoms with Crippen LogP contribution in [0.1, 0.15) is 17.8 Å². The summed E-state index contributed by atoms with van der Waals surface area (Å²) in [6.45, 7) is 4.22. The number of rotatable bonds is 4. The van der Waals surface area contributed by atoms with E-state index in [-0.39, 0.29) is 22.7 Å². The van der Waals surface area contributed by atoms with E-state index in [0.717, 1.165) is 20.5 Å². The molecule has 0 unspecified atom stereocenters. The quantitative estimate of drug-likeness (QED) is 0.634. The predicted octanol–water partition coefficient (Wildman–Crippen LogP) is 2.80. The minimum absolute atomic E-state index is 0.144. The first kappa shape index (κ1) is 17.6. The topological polar surface area (TPSA) is 84.7 Å². The van der Waals surface area contributed by atoms with Crippen LogP contribution in [0, 0.1) is 18.6 Å². The standard InChI is InChI=1S/C16H16BrN5O2S/c1-9-14(17)10(2)21(19-9)8-7-13(23)20-22-15(24)11-5-3-4-6-12(11)18-16(22)25/h3-6H,7-8H2,1-2H3,(H,18,25)(H,20,23). The fraction of sp³-hybridized carbons (Fsp3) is 0.250. The van der Waals surface area contributed by atoms with E-state index >= 15 is 0 Å². The number of carbonyl (C=O) groups excluding carboxylic acids is 1. The summed E-state index contributed by atoms with van der Waals surface area (Å²) in [5, 5.41) is 4.82. The zero-order valence-corrected chi connectivity index (χ0v) is 16.1. The van der Waals surface area contributed by atoms with E-state index in [1.165, 1.54) is 0 Å². The maximum absolute atomic E-state index is 12.5. The lowest BCUT2D eigenvalue weighted by molar-refractivity contribution is -0.117. The normalized spacial score (nSPS) is 11.0. The molecule has 0 saturated carbocycles. The van der Waals surface area contributed by atoms with Crippen molar-refractivity contribution in [1.82, 2.24) is 19.4 Å². The largest absolute Gasteiger partial charge is 0.330 e. The Bertz CT molecular complexity index is 1080. The fourth-order valence-electron chi connectivity index (χ4n) is 2.54. The van der Waals surface area contributed by atoms with Crippen LogP contribution in [0.25, 0.3) is 10.9 Å². The molecule has 1 amide bonds. The van der Waals surface area contributed by atoms with E-state index in [1.54, 1.807) is 22.9 Å². The van der Waals surface area contributed by atoms with Gasteiger partial charge in [-0.3, -0.25) is 19.7 Å². The summed E-state index contributed by atoms with van der Waals surface area (Å²) in [4.78, 5) is 27.7. The first-order valence-corrected chi connectivity index (χ1v) is 8.82. The van der Waals surface area contributed by atoms with E-state index in [9.17, 15) is 9.59 Å². The maximum atomic E-state index is 12.5. The van der Waals surface area contributed by atoms with Crippen molar-refractivity contribution >= 4 is 45.0 Å². The third-order valence-electron chi connectivity index (χ3n) is 3.89. The van der Waals surface area contributed by atoms with Gasteiger partial charge in [-0.25, -0.2) is 0 Å². The Kier molecular flexibility index (Phi) is 4.87. The number of aromatic amines is 1. The summed E-state index contributed by atoms with van der Waals surface area (Å²) >= 11 is 8.63. The fourth-order valence-corrected chi connectivity index (χ4v) is 3.07. The number of aryl methyl sites for hydroxylation is 2. The summed E-state index contributed by atoms with van der Waals surface area (Å²) in [6.07, 6.45) is 0.169. The van der Waals surface area contributed by atoms with Gasteiger partial charge in [-0.2, -0.15) is 9.77 Å². The predicted molar refractivity (Wildman–Crippen MR) is 102 cm³/mol. The summed E-state index contributed by atoms with van der Waals surface area (Å²) in [7, 11) is 0. The third kappa shape index (κ3) is 3.42. The molecule has 130 valence electrons. The van der Waals surface area contributed by atoms with Gasteiger partial charge in [0.05, 0.1) is 27.6 Å². The monoisotopic (exact) mass is 421 g/mol. The number of hydrogen-bond acceptors (Lipinski definition) is 4. The van der Waals surface area contributed by atoms with Crippen LogP contribution in [0.5, 0.6) is 0 Å². The molecule has 0 radical (unpaired) electrons. The lowest BCUT2D eigenvalue weighted by atomic mass is 10.2. The van der Waals surface area contributed by atoms with E-state index in [2.05, 4.69) is 31.4 Å². The molecule has 3 rings (SSSR count). The molecular formula is C16H16BrN5O2S. The molecule has 0 bridgehead atoms. The van der Waals surface area contributed by atoms with Crippen LogP contribution in [-0.2, 0) is 11.3 Å². The van der Waals surface area contributed by atoms with Crippen molar-refractivity contribution in [2.45, 2.75) is 26.8 Å². The van der Waals surface area contributed by atoms with Crippen LogP contribution in [0.2, 0.25) is 0 Å². The SMILES string of the molecule is Cc1nn(CCC(=O)Nn2c(=S)[nH]c3ccccc3c2=O)c(C)c1Br. The van der Waals surface area contributed by atoms with Crippen LogP contribution < -0.4 is 11.0 Å². The van der Waals surface area contributed by atoms with Crippen LogP contribution in [0.3, 0.4) is 0 Å². The van der Waals surface area contributed by atoms with Gasteiger partial charge < -0.3 is 4.98 Å². The van der Waals surface area contributed by atoms with Crippen molar-refractivity contribution in [2.75, 3.05) is 5.43 Å². The van der Waals surface area contributed by atoms with Gasteiger partial charge in [0.2, 0.25) is 5.91 Å². The molecular weight excluding hydrogens is 406 g/mol. The van der Waals surface area contributed by atoms with Crippen molar-refractivity contribution in [2.24, 2.45) is 0 Å². The number of para-hydroxylation sites is 1. The van der Waals surface area contributed by atoms with Gasteiger partial charge in [0, 0.05) is 12.1 Å². The number of amides is 1. The highest BCUT2D eigenvalue weighted by molar-refractivity contribution is 9.10. The lowest BCUT2D eigenvalue weighted by Crippen LogP contribution is -2.34. The van der Waals surface area contributed by atoms with E-state index < -0.39 is 0 Å². The lowest BCUT2D eigenvalue weighted by Gasteiger charge is -2.10. The molecule has 1 aromatic carbocycles. The molecule has 0 aliphatic carbocycles. The summed E-state index contributed by atoms with van der Waals surface area (Å²) in [6, 6.07) is 7.01. The Balaban J connectivity index is 1.79. The Morgan fingerprint density at radius 3 is 2.76 bits per heavy atom. The Morgan fingerprint density at radius 2 is 2.08 bits per heavy atom. The number of hydrogen-bond donors (Lipinski definition) is 2. The molecule has 0 aliphatic rings. The molecule has 25 heavy (non-hydrogen) atoms. The molecule has 7 nitrogen and oxygen atoms in total. The van der Waals surface area contributed by atoms with Gasteiger partial charge in [-0.05, 0) is 54.1 Å². The first-order valence-electron chi connectivity index (χ1n) is 7.62. The van der Waals surface area contributed by atoms with Gasteiger partial charge in [-0.15, -0.1) is 0 Å². The van der Waals surface area contributed by atoms with Crippen LogP contribution in [0.15, 0.2) is 33.5 Å². The molecule has 0 fully saturated rings. The first-order chi connectivity index (χ1) is 11.9. The summed E-state index contributed by atoms with van der Waals surface area (Å²) in [5.74, 6) is -0.319. The Labute approximate surface area is 156 Å². The second-order valence-electron chi connectivity index (χ2n) is 5.61. The minimum Gasteiger partial charge on any atom is -0.330 e. The highest BCUT2D eigenvalue weighted by Crippen LogP contribution is 2.19. The second-order valence-corrected chi connectivity index (χ2v) is 6.79. The number of aromatic nitrogens is 4. The molecule has 0 spiro atoms. The molecule has 9 heteroatoms. The van der Waals surface area contributed by atoms with E-state index in [1.807, 2.05) is 19.9 Å². The molecule has 3 aromatic rings. The number of fused-ring (bicyclic) bond motifs is 1. The Hall–Kier alpha value is -2.26. The number of benzene rings is 1. The molecule has 0 aliphatic heterocycles. The van der Waals surface area contributed by atoms with E-state index in [4.69, 9.17) is 12.2 Å². The van der Waals surface area contributed by atoms with Crippen molar-refractivity contribution in [1.29, 1.82) is 0 Å². The second kappa shape index (κ2) is 6.93. The number of nitrogens with one attached hydrogen (secondary N) is 2. The number of carbonyl (C=O) groups is 1. The molecule has 2 aromatic heterocycles. The highest BCUT2D eigenvalue weighted by atomic mass is 79.9. The van der Waals surface area contributed by atoms with Gasteiger partial charge >= 0.3 is 0 Å². The van der Waals surface area contributed by atoms with Gasteiger partial charge in [0.1, 0.15) is 0 Å². The zero-order valence-electron chi connectivity index (χ0n) is 13.7. The molecule has 0 atom stereocenters. The third-order valence-corrected chi connectivity index (χ3v) is 5.32. The van der Waals surface area contributed by atoms with Crippen molar-refractivity contribution in [3.05, 3.63) is 55.3 Å². The van der Waals surface area contributed by atoms with Crippen molar-refractivity contribution < 1.29 is 4.79 Å². The average molecular weight is 422 g/mol. The van der Waals surface area contributed by atoms with Crippen LogP contribution in [-0.4, -0.2) is 25.3 Å². The smallest absolute Gasteiger partial charge is 0.281 e. The number of H-pyrrole nitrogens is 1. The highest BCUT2D eigenvalue weighted by Gasteiger charge is 2.12. The summed E-state index contributed by atoms with van der Waals surface area (Å²) < 4.78 is 3.90. The van der Waals surface area contributed by atoms with Crippen LogP contribution in [0.4, 0.5) is 0 Å².